The van der Waals surface area contributed by atoms with Crippen molar-refractivity contribution in [3.63, 3.8) is 0 Å². The molecule has 3 aromatic heterocycles. The van der Waals surface area contributed by atoms with Crippen LogP contribution in [0.15, 0.2) is 85.5 Å². The van der Waals surface area contributed by atoms with Gasteiger partial charge in [-0.15, -0.1) is 0 Å². The van der Waals surface area contributed by atoms with Crippen LogP contribution in [-0.4, -0.2) is 34.5 Å². The van der Waals surface area contributed by atoms with Crippen LogP contribution < -0.4 is 10.6 Å². The van der Waals surface area contributed by atoms with E-state index < -0.39 is 0 Å². The zero-order valence-electron chi connectivity index (χ0n) is 20.3. The molecule has 5 rings (SSSR count). The van der Waals surface area contributed by atoms with E-state index in [2.05, 4.69) is 46.8 Å². The lowest BCUT2D eigenvalue weighted by Gasteiger charge is -2.09. The predicted octanol–water partition coefficient (Wildman–Crippen LogP) is 4.80. The first kappa shape index (κ1) is 23.5. The van der Waals surface area contributed by atoms with E-state index in [-0.39, 0.29) is 0 Å². The number of hydrogen-bond donors (Lipinski definition) is 2. The smallest absolute Gasteiger partial charge is 0.171 e. The molecule has 0 fully saturated rings. The first-order chi connectivity index (χ1) is 17.6. The Morgan fingerprint density at radius 2 is 1.67 bits per heavy atom. The molecule has 0 atom stereocenters. The fourth-order valence-electron chi connectivity index (χ4n) is 4.09. The third-order valence-electron chi connectivity index (χ3n) is 6.03. The second kappa shape index (κ2) is 10.6. The monoisotopic (exact) mass is 496 g/mol. The maximum absolute atomic E-state index is 5.57. The van der Waals surface area contributed by atoms with Crippen molar-refractivity contribution in [1.29, 1.82) is 0 Å². The molecule has 9 heteroatoms. The Morgan fingerprint density at radius 1 is 0.917 bits per heavy atom. The fraction of sp³-hybridized carbons (Fsp3) is 0.185. The van der Waals surface area contributed by atoms with Gasteiger partial charge < -0.3 is 10.6 Å². The highest BCUT2D eigenvalue weighted by molar-refractivity contribution is 7.80. The number of aromatic nitrogens is 6. The van der Waals surface area contributed by atoms with Crippen molar-refractivity contribution in [2.75, 3.05) is 5.32 Å². The van der Waals surface area contributed by atoms with Crippen LogP contribution in [0, 0.1) is 6.92 Å². The Bertz CT molecular complexity index is 1450. The van der Waals surface area contributed by atoms with Gasteiger partial charge >= 0.3 is 0 Å². The highest BCUT2D eigenvalue weighted by Gasteiger charge is 2.13. The number of hydrogen-bond acceptors (Lipinski definition) is 4. The number of para-hydroxylation sites is 1. The number of thiocarbonyl (C=S) groups is 1. The Balaban J connectivity index is 1.26. The zero-order valence-corrected chi connectivity index (χ0v) is 21.1. The molecule has 2 N–H and O–H groups in total. The molecule has 5 aromatic rings. The third kappa shape index (κ3) is 5.21. The van der Waals surface area contributed by atoms with Crippen molar-refractivity contribution >= 4 is 23.0 Å². The fourth-order valence-corrected chi connectivity index (χ4v) is 4.28. The molecular weight excluding hydrogens is 468 g/mol. The molecule has 0 aliphatic carbocycles. The van der Waals surface area contributed by atoms with Gasteiger partial charge in [0.1, 0.15) is 0 Å². The zero-order chi connectivity index (χ0) is 24.9. The molecule has 0 amide bonds. The van der Waals surface area contributed by atoms with Crippen molar-refractivity contribution in [3.05, 3.63) is 102 Å². The van der Waals surface area contributed by atoms with Crippen molar-refractivity contribution < 1.29 is 0 Å². The molecule has 3 heterocycles. The lowest BCUT2D eigenvalue weighted by molar-refractivity contribution is 0.633. The van der Waals surface area contributed by atoms with Crippen LogP contribution in [0.1, 0.15) is 23.7 Å². The van der Waals surface area contributed by atoms with Crippen LogP contribution in [0.3, 0.4) is 0 Å². The van der Waals surface area contributed by atoms with E-state index in [1.165, 1.54) is 0 Å². The average molecular weight is 497 g/mol. The standard InChI is InChI=1S/C27H28N8S/c1-3-34-20(2)22(15-30-34)17-33-19-24(16-29-33)31-27(36)28-14-23-18-35(25-12-8-5-9-13-25)32-26(23)21-10-6-4-7-11-21/h4-13,15-16,18-19H,3,14,17H2,1-2H3,(H2,28,31,36). The molecule has 0 aliphatic heterocycles. The van der Waals surface area contributed by atoms with E-state index in [0.29, 0.717) is 18.2 Å². The summed E-state index contributed by atoms with van der Waals surface area (Å²) in [5.41, 5.74) is 7.18. The van der Waals surface area contributed by atoms with E-state index in [1.807, 2.05) is 81.2 Å². The SMILES string of the molecule is CCn1ncc(Cn2cc(NC(=S)NCc3cn(-c4ccccc4)nc3-c3ccccc3)cn2)c1C. The van der Waals surface area contributed by atoms with E-state index in [9.17, 15) is 0 Å². The summed E-state index contributed by atoms with van der Waals surface area (Å²) in [6, 6.07) is 20.3. The number of rotatable bonds is 8. The van der Waals surface area contributed by atoms with Crippen molar-refractivity contribution in [1.82, 2.24) is 34.7 Å². The lowest BCUT2D eigenvalue weighted by Crippen LogP contribution is -2.27. The van der Waals surface area contributed by atoms with Gasteiger partial charge in [0, 0.05) is 47.9 Å². The Kier molecular flexibility index (Phi) is 6.90. The molecule has 0 radical (unpaired) electrons. The Hall–Kier alpha value is -4.24. The van der Waals surface area contributed by atoms with Gasteiger partial charge in [-0.3, -0.25) is 9.36 Å². The van der Waals surface area contributed by atoms with Crippen molar-refractivity contribution in [2.45, 2.75) is 33.5 Å². The summed E-state index contributed by atoms with van der Waals surface area (Å²) in [6.45, 7) is 6.22. The van der Waals surface area contributed by atoms with Crippen LogP contribution in [0.2, 0.25) is 0 Å². The molecule has 0 spiro atoms. The molecule has 36 heavy (non-hydrogen) atoms. The summed E-state index contributed by atoms with van der Waals surface area (Å²) in [6.07, 6.45) is 7.67. The van der Waals surface area contributed by atoms with Crippen LogP contribution >= 0.6 is 12.2 Å². The van der Waals surface area contributed by atoms with Gasteiger partial charge in [0.25, 0.3) is 0 Å². The van der Waals surface area contributed by atoms with Gasteiger partial charge in [0.15, 0.2) is 5.11 Å². The maximum Gasteiger partial charge on any atom is 0.171 e. The summed E-state index contributed by atoms with van der Waals surface area (Å²) in [4.78, 5) is 0. The van der Waals surface area contributed by atoms with Crippen molar-refractivity contribution in [2.24, 2.45) is 0 Å². The van der Waals surface area contributed by atoms with Crippen LogP contribution in [0.5, 0.6) is 0 Å². The second-order valence-electron chi connectivity index (χ2n) is 8.45. The van der Waals surface area contributed by atoms with Crippen LogP contribution in [0.25, 0.3) is 16.9 Å². The number of benzene rings is 2. The number of anilines is 1. The quantitative estimate of drug-likeness (QED) is 0.301. The minimum absolute atomic E-state index is 0.524. The highest BCUT2D eigenvalue weighted by atomic mass is 32.1. The first-order valence-corrected chi connectivity index (χ1v) is 12.3. The Labute approximate surface area is 215 Å². The molecule has 0 saturated carbocycles. The summed E-state index contributed by atoms with van der Waals surface area (Å²) in [5, 5.41) is 20.8. The summed E-state index contributed by atoms with van der Waals surface area (Å²) in [7, 11) is 0. The van der Waals surface area contributed by atoms with E-state index >= 15 is 0 Å². The summed E-state index contributed by atoms with van der Waals surface area (Å²) >= 11 is 5.57. The average Bonchev–Trinajstić information content (AvgIpc) is 3.63. The van der Waals surface area contributed by atoms with Crippen LogP contribution in [-0.2, 0) is 19.6 Å². The third-order valence-corrected chi connectivity index (χ3v) is 6.27. The highest BCUT2D eigenvalue weighted by Crippen LogP contribution is 2.23. The molecular formula is C27H28N8S. The maximum atomic E-state index is 5.57. The number of nitrogens with zero attached hydrogens (tertiary/aromatic N) is 6. The Morgan fingerprint density at radius 3 is 2.39 bits per heavy atom. The van der Waals surface area contributed by atoms with Gasteiger partial charge in [-0.1, -0.05) is 48.5 Å². The van der Waals surface area contributed by atoms with Gasteiger partial charge in [-0.25, -0.2) is 4.68 Å². The molecule has 0 bridgehead atoms. The summed E-state index contributed by atoms with van der Waals surface area (Å²) in [5.74, 6) is 0. The molecule has 0 saturated heterocycles. The molecule has 182 valence electrons. The van der Waals surface area contributed by atoms with Gasteiger partial charge in [0.2, 0.25) is 0 Å². The van der Waals surface area contributed by atoms with Crippen LogP contribution in [0.4, 0.5) is 5.69 Å². The molecule has 2 aromatic carbocycles. The van der Waals surface area contributed by atoms with Gasteiger partial charge in [-0.2, -0.15) is 15.3 Å². The van der Waals surface area contributed by atoms with E-state index in [1.54, 1.807) is 6.20 Å². The number of nitrogens with one attached hydrogen (secondary N) is 2. The largest absolute Gasteiger partial charge is 0.358 e. The number of aryl methyl sites for hydroxylation is 1. The molecule has 8 nitrogen and oxygen atoms in total. The van der Waals surface area contributed by atoms with Gasteiger partial charge in [-0.05, 0) is 38.2 Å². The topological polar surface area (TPSA) is 77.5 Å². The minimum Gasteiger partial charge on any atom is -0.358 e. The molecule has 0 unspecified atom stereocenters. The first-order valence-electron chi connectivity index (χ1n) is 11.9. The second-order valence-corrected chi connectivity index (χ2v) is 8.86. The lowest BCUT2D eigenvalue weighted by atomic mass is 10.1. The normalized spacial score (nSPS) is 10.9. The van der Waals surface area contributed by atoms with Crippen molar-refractivity contribution in [3.8, 4) is 16.9 Å². The summed E-state index contributed by atoms with van der Waals surface area (Å²) < 4.78 is 5.77. The minimum atomic E-state index is 0.524. The predicted molar refractivity (Wildman–Crippen MR) is 146 cm³/mol. The van der Waals surface area contributed by atoms with E-state index in [0.717, 1.165) is 46.0 Å². The molecule has 0 aliphatic rings. The van der Waals surface area contributed by atoms with Gasteiger partial charge in [0.05, 0.1) is 36.0 Å². The van der Waals surface area contributed by atoms with E-state index in [4.69, 9.17) is 17.3 Å².